The van der Waals surface area contributed by atoms with Crippen LogP contribution in [0.15, 0.2) is 29.2 Å². The van der Waals surface area contributed by atoms with Gasteiger partial charge in [0.25, 0.3) is 0 Å². The van der Waals surface area contributed by atoms with E-state index in [0.717, 1.165) is 6.54 Å². The zero-order valence-corrected chi connectivity index (χ0v) is 11.8. The lowest BCUT2D eigenvalue weighted by molar-refractivity contribution is 0.0596. The molecule has 2 N–H and O–H groups in total. The molecule has 0 saturated carbocycles. The SMILES string of the molecule is CCNCCNS(=O)(=O)c1ccccc1C(=O)OC. The van der Waals surface area contributed by atoms with E-state index in [4.69, 9.17) is 0 Å². The molecule has 0 aliphatic rings. The number of sulfonamides is 1. The van der Waals surface area contributed by atoms with Crippen LogP contribution in [0.2, 0.25) is 0 Å². The summed E-state index contributed by atoms with van der Waals surface area (Å²) in [6.45, 7) is 3.48. The minimum Gasteiger partial charge on any atom is -0.465 e. The molecule has 0 aliphatic heterocycles. The predicted octanol–water partition coefficient (Wildman–Crippen LogP) is 0.361. The van der Waals surface area contributed by atoms with Crippen molar-refractivity contribution < 1.29 is 17.9 Å². The van der Waals surface area contributed by atoms with Gasteiger partial charge in [-0.25, -0.2) is 17.9 Å². The van der Waals surface area contributed by atoms with Crippen LogP contribution in [0, 0.1) is 0 Å². The third-order valence-corrected chi connectivity index (χ3v) is 3.94. The lowest BCUT2D eigenvalue weighted by Crippen LogP contribution is -2.32. The summed E-state index contributed by atoms with van der Waals surface area (Å²) in [4.78, 5) is 11.5. The second-order valence-corrected chi connectivity index (χ2v) is 5.47. The summed E-state index contributed by atoms with van der Waals surface area (Å²) in [5.74, 6) is -0.673. The second-order valence-electron chi connectivity index (χ2n) is 3.74. The summed E-state index contributed by atoms with van der Waals surface area (Å²) in [5, 5.41) is 3.00. The van der Waals surface area contributed by atoms with Crippen LogP contribution >= 0.6 is 0 Å². The molecule has 0 radical (unpaired) electrons. The maximum Gasteiger partial charge on any atom is 0.339 e. The highest BCUT2D eigenvalue weighted by molar-refractivity contribution is 7.89. The zero-order valence-electron chi connectivity index (χ0n) is 11.0. The zero-order chi connectivity index (χ0) is 14.3. The van der Waals surface area contributed by atoms with Gasteiger partial charge in [0, 0.05) is 13.1 Å². The number of esters is 1. The predicted molar refractivity (Wildman–Crippen MR) is 71.5 cm³/mol. The highest BCUT2D eigenvalue weighted by Gasteiger charge is 2.21. The maximum atomic E-state index is 12.1. The van der Waals surface area contributed by atoms with Gasteiger partial charge < -0.3 is 10.1 Å². The van der Waals surface area contributed by atoms with Crippen molar-refractivity contribution in [2.75, 3.05) is 26.7 Å². The van der Waals surface area contributed by atoms with Crippen molar-refractivity contribution in [1.82, 2.24) is 10.0 Å². The summed E-state index contributed by atoms with van der Waals surface area (Å²) in [6.07, 6.45) is 0. The first-order valence-electron chi connectivity index (χ1n) is 5.90. The van der Waals surface area contributed by atoms with E-state index in [1.807, 2.05) is 6.92 Å². The normalized spacial score (nSPS) is 11.3. The molecule has 0 amide bonds. The summed E-state index contributed by atoms with van der Waals surface area (Å²) in [6, 6.07) is 5.95. The van der Waals surface area contributed by atoms with Gasteiger partial charge in [-0.2, -0.15) is 0 Å². The Hall–Kier alpha value is -1.44. The molecule has 0 aliphatic carbocycles. The molecule has 0 aromatic heterocycles. The number of carbonyl (C=O) groups is 1. The summed E-state index contributed by atoms with van der Waals surface area (Å²) < 4.78 is 31.2. The maximum absolute atomic E-state index is 12.1. The first kappa shape index (κ1) is 15.6. The lowest BCUT2D eigenvalue weighted by Gasteiger charge is -2.10. The van der Waals surface area contributed by atoms with E-state index in [1.165, 1.54) is 19.2 Å². The monoisotopic (exact) mass is 286 g/mol. The Kier molecular flexibility index (Phi) is 5.94. The number of rotatable bonds is 7. The molecule has 1 rings (SSSR count). The van der Waals surface area contributed by atoms with Crippen LogP contribution in [0.25, 0.3) is 0 Å². The summed E-state index contributed by atoms with van der Waals surface area (Å²) in [7, 11) is -2.50. The molecule has 0 fully saturated rings. The first-order valence-corrected chi connectivity index (χ1v) is 7.39. The van der Waals surface area contributed by atoms with E-state index in [0.29, 0.717) is 6.54 Å². The number of benzene rings is 1. The van der Waals surface area contributed by atoms with Crippen molar-refractivity contribution in [3.05, 3.63) is 29.8 Å². The molecular formula is C12H18N2O4S. The van der Waals surface area contributed by atoms with Gasteiger partial charge in [0.1, 0.15) is 0 Å². The molecule has 0 spiro atoms. The first-order chi connectivity index (χ1) is 9.03. The standard InChI is InChI=1S/C12H18N2O4S/c1-3-13-8-9-14-19(16,17)11-7-5-4-6-10(11)12(15)18-2/h4-7,13-14H,3,8-9H2,1-2H3. The molecule has 106 valence electrons. The Bertz CT molecular complexity index is 528. The van der Waals surface area contributed by atoms with Crippen LogP contribution in [0.5, 0.6) is 0 Å². The molecule has 7 heteroatoms. The molecule has 6 nitrogen and oxygen atoms in total. The summed E-state index contributed by atoms with van der Waals surface area (Å²) in [5.41, 5.74) is 0.0287. The Morgan fingerprint density at radius 1 is 1.26 bits per heavy atom. The van der Waals surface area contributed by atoms with Crippen molar-refractivity contribution in [2.45, 2.75) is 11.8 Å². The minimum atomic E-state index is -3.72. The molecular weight excluding hydrogens is 268 g/mol. The lowest BCUT2D eigenvalue weighted by atomic mass is 10.2. The third-order valence-electron chi connectivity index (χ3n) is 2.43. The quantitative estimate of drug-likeness (QED) is 0.558. The Morgan fingerprint density at radius 2 is 1.95 bits per heavy atom. The average Bonchev–Trinajstić information content (AvgIpc) is 2.43. The van der Waals surface area contributed by atoms with Gasteiger partial charge in [0.05, 0.1) is 17.6 Å². The van der Waals surface area contributed by atoms with Gasteiger partial charge in [-0.1, -0.05) is 19.1 Å². The number of likely N-dealkylation sites (N-methyl/N-ethyl adjacent to an activating group) is 1. The van der Waals surface area contributed by atoms with Gasteiger partial charge in [-0.3, -0.25) is 0 Å². The van der Waals surface area contributed by atoms with Crippen molar-refractivity contribution in [3.8, 4) is 0 Å². The van der Waals surface area contributed by atoms with E-state index >= 15 is 0 Å². The highest BCUT2D eigenvalue weighted by Crippen LogP contribution is 2.15. The molecule has 19 heavy (non-hydrogen) atoms. The van der Waals surface area contributed by atoms with Gasteiger partial charge in [-0.15, -0.1) is 0 Å². The Labute approximate surface area is 113 Å². The fourth-order valence-corrected chi connectivity index (χ4v) is 2.73. The van der Waals surface area contributed by atoms with Gasteiger partial charge >= 0.3 is 5.97 Å². The number of hydrogen-bond acceptors (Lipinski definition) is 5. The Morgan fingerprint density at radius 3 is 2.58 bits per heavy atom. The fourth-order valence-electron chi connectivity index (χ4n) is 1.51. The van der Waals surface area contributed by atoms with Gasteiger partial charge in [0.2, 0.25) is 10.0 Å². The van der Waals surface area contributed by atoms with Crippen LogP contribution in [0.3, 0.4) is 0 Å². The number of nitrogens with one attached hydrogen (secondary N) is 2. The smallest absolute Gasteiger partial charge is 0.339 e. The van der Waals surface area contributed by atoms with Gasteiger partial charge in [-0.05, 0) is 18.7 Å². The third kappa shape index (κ3) is 4.30. The molecule has 0 heterocycles. The average molecular weight is 286 g/mol. The van der Waals surface area contributed by atoms with Crippen LogP contribution in [0.4, 0.5) is 0 Å². The fraction of sp³-hybridized carbons (Fsp3) is 0.417. The van der Waals surface area contributed by atoms with Crippen molar-refractivity contribution in [2.24, 2.45) is 0 Å². The highest BCUT2D eigenvalue weighted by atomic mass is 32.2. The molecule has 0 atom stereocenters. The number of methoxy groups -OCH3 is 1. The molecule has 0 saturated heterocycles. The molecule has 0 bridgehead atoms. The minimum absolute atomic E-state index is 0.0287. The molecule has 1 aromatic carbocycles. The number of carbonyl (C=O) groups excluding carboxylic acids is 1. The van der Waals surface area contributed by atoms with E-state index in [9.17, 15) is 13.2 Å². The van der Waals surface area contributed by atoms with E-state index in [1.54, 1.807) is 12.1 Å². The number of ether oxygens (including phenoxy) is 1. The van der Waals surface area contributed by atoms with Crippen LogP contribution in [-0.4, -0.2) is 41.1 Å². The van der Waals surface area contributed by atoms with Crippen LogP contribution < -0.4 is 10.0 Å². The Balaban J connectivity index is 2.92. The molecule has 1 aromatic rings. The topological polar surface area (TPSA) is 84.5 Å². The largest absolute Gasteiger partial charge is 0.465 e. The van der Waals surface area contributed by atoms with E-state index in [2.05, 4.69) is 14.8 Å². The van der Waals surface area contributed by atoms with Gasteiger partial charge in [0.15, 0.2) is 0 Å². The van der Waals surface area contributed by atoms with Crippen molar-refractivity contribution >= 4 is 16.0 Å². The number of hydrogen-bond donors (Lipinski definition) is 2. The van der Waals surface area contributed by atoms with Crippen LogP contribution in [-0.2, 0) is 14.8 Å². The van der Waals surface area contributed by atoms with Crippen molar-refractivity contribution in [1.29, 1.82) is 0 Å². The van der Waals surface area contributed by atoms with E-state index < -0.39 is 16.0 Å². The van der Waals surface area contributed by atoms with Crippen LogP contribution in [0.1, 0.15) is 17.3 Å². The molecule has 0 unspecified atom stereocenters. The summed E-state index contributed by atoms with van der Waals surface area (Å²) >= 11 is 0. The van der Waals surface area contributed by atoms with E-state index in [-0.39, 0.29) is 17.0 Å². The van der Waals surface area contributed by atoms with Crippen molar-refractivity contribution in [3.63, 3.8) is 0 Å². The second kappa shape index (κ2) is 7.22.